The number of phenolic OH excluding ortho intramolecular Hbond substituents is 1. The van der Waals surface area contributed by atoms with Crippen molar-refractivity contribution in [3.8, 4) is 11.5 Å². The highest BCUT2D eigenvalue weighted by molar-refractivity contribution is 8.93. The summed E-state index contributed by atoms with van der Waals surface area (Å²) in [4.78, 5) is 41.2. The van der Waals surface area contributed by atoms with Crippen LogP contribution < -0.4 is 20.3 Å². The molecule has 0 atom stereocenters. The number of rotatable bonds is 12. The van der Waals surface area contributed by atoms with Gasteiger partial charge in [0.15, 0.2) is 5.78 Å². The lowest BCUT2D eigenvalue weighted by Crippen LogP contribution is -2.31. The van der Waals surface area contributed by atoms with Crippen molar-refractivity contribution in [2.24, 2.45) is 0 Å². The number of aliphatic hydroxyl groups is 1. The number of anilines is 1. The molecule has 12 heteroatoms. The Morgan fingerprint density at radius 3 is 2.45 bits per heavy atom. The van der Waals surface area contributed by atoms with Crippen LogP contribution in [0.1, 0.15) is 77.9 Å². The van der Waals surface area contributed by atoms with Crippen molar-refractivity contribution < 1.29 is 29.3 Å². The fourth-order valence-corrected chi connectivity index (χ4v) is 4.83. The molecule has 0 saturated carbocycles. The number of aliphatic hydroxyl groups excluding tert-OH is 1. The van der Waals surface area contributed by atoms with E-state index in [1.54, 1.807) is 41.1 Å². The normalized spacial score (nSPS) is 12.4. The van der Waals surface area contributed by atoms with E-state index in [0.717, 1.165) is 5.56 Å². The first-order valence-corrected chi connectivity index (χ1v) is 13.7. The van der Waals surface area contributed by atoms with Gasteiger partial charge in [-0.2, -0.15) is 0 Å². The number of amides is 2. The van der Waals surface area contributed by atoms with E-state index in [4.69, 9.17) is 15.3 Å². The van der Waals surface area contributed by atoms with Crippen LogP contribution in [0.15, 0.2) is 24.3 Å². The highest BCUT2D eigenvalue weighted by atomic mass is 79.9. The third kappa shape index (κ3) is 7.80. The number of Topliss-reactive ketones (excluding diaryl/α,β-unsaturated/α-hetero) is 1. The molecule has 3 rings (SSSR count). The van der Waals surface area contributed by atoms with Crippen LogP contribution in [0.25, 0.3) is 0 Å². The predicted octanol–water partition coefficient (Wildman–Crippen LogP) is 3.33. The highest BCUT2D eigenvalue weighted by Gasteiger charge is 2.30. The molecule has 0 bridgehead atoms. The zero-order chi connectivity index (χ0) is 30.5. The standard InChI is InChI=1S/C30H41N5O6.BrH/c1-7-41-25-13-19-15-35(28(31)20(19)14-21(25)29(40)32-5)16-24(37)18-11-22(30(2,3)4)27(39)23(12-18)34(6)10-8-9-26(38)33-17-36;/h11-14,31,36,39H,7-10,15-17H2,1-6H3,(H,32,40)(H,33,38);1H. The molecule has 0 spiro atoms. The first-order valence-electron chi connectivity index (χ1n) is 13.7. The molecule has 230 valence electrons. The Morgan fingerprint density at radius 2 is 1.86 bits per heavy atom. The van der Waals surface area contributed by atoms with Gasteiger partial charge in [-0.05, 0) is 48.6 Å². The third-order valence-electron chi connectivity index (χ3n) is 7.05. The maximum absolute atomic E-state index is 13.6. The SMILES string of the molecule is Br.CCOc1cc2c(cc1C(=O)NC)C(=N)N(CC(=O)c1cc(N(C)CCCC(=O)NCO)c(O)c(C(C)(C)C)c1)C2. The molecule has 0 fully saturated rings. The number of ether oxygens (including phenoxy) is 1. The molecule has 0 aliphatic carbocycles. The molecule has 0 unspecified atom stereocenters. The number of nitrogens with zero attached hydrogens (tertiary/aromatic N) is 2. The minimum absolute atomic E-state index is 0. The largest absolute Gasteiger partial charge is 0.505 e. The summed E-state index contributed by atoms with van der Waals surface area (Å²) in [6.45, 7) is 8.34. The van der Waals surface area contributed by atoms with Gasteiger partial charge in [0.1, 0.15) is 24.1 Å². The second-order valence-electron chi connectivity index (χ2n) is 11.1. The number of hydrogen-bond donors (Lipinski definition) is 5. The van der Waals surface area contributed by atoms with Crippen LogP contribution in [-0.2, 0) is 16.8 Å². The summed E-state index contributed by atoms with van der Waals surface area (Å²) in [7, 11) is 3.32. The number of nitrogens with one attached hydrogen (secondary N) is 3. The molecule has 2 aromatic carbocycles. The summed E-state index contributed by atoms with van der Waals surface area (Å²) in [5, 5.41) is 33.7. The number of fused-ring (bicyclic) bond motifs is 1. The monoisotopic (exact) mass is 647 g/mol. The maximum Gasteiger partial charge on any atom is 0.254 e. The van der Waals surface area contributed by atoms with Gasteiger partial charge in [-0.15, -0.1) is 17.0 Å². The zero-order valence-corrected chi connectivity index (χ0v) is 26.8. The molecular weight excluding hydrogens is 606 g/mol. The molecule has 0 aromatic heterocycles. The Kier molecular flexibility index (Phi) is 11.9. The molecule has 0 saturated heterocycles. The number of hydrogen-bond acceptors (Lipinski definition) is 8. The van der Waals surface area contributed by atoms with Crippen LogP contribution >= 0.6 is 17.0 Å². The van der Waals surface area contributed by atoms with Crippen LogP contribution in [0.4, 0.5) is 5.69 Å². The molecule has 5 N–H and O–H groups in total. The molecule has 1 aliphatic rings. The minimum Gasteiger partial charge on any atom is -0.505 e. The van der Waals surface area contributed by atoms with Gasteiger partial charge in [-0.1, -0.05) is 20.8 Å². The van der Waals surface area contributed by atoms with E-state index in [0.29, 0.717) is 59.8 Å². The van der Waals surface area contributed by atoms with E-state index in [1.165, 1.54) is 7.05 Å². The summed E-state index contributed by atoms with van der Waals surface area (Å²) in [6.07, 6.45) is 0.691. The van der Waals surface area contributed by atoms with Crippen molar-refractivity contribution in [1.82, 2.24) is 15.5 Å². The number of ketones is 1. The van der Waals surface area contributed by atoms with Crippen LogP contribution in [0.2, 0.25) is 0 Å². The Hall–Kier alpha value is -3.64. The fraction of sp³-hybridized carbons (Fsp3) is 0.467. The van der Waals surface area contributed by atoms with Gasteiger partial charge in [-0.3, -0.25) is 19.8 Å². The summed E-state index contributed by atoms with van der Waals surface area (Å²) in [6, 6.07) is 6.74. The maximum atomic E-state index is 13.6. The zero-order valence-electron chi connectivity index (χ0n) is 25.1. The van der Waals surface area contributed by atoms with E-state index < -0.39 is 12.1 Å². The Labute approximate surface area is 257 Å². The van der Waals surface area contributed by atoms with E-state index in [9.17, 15) is 19.5 Å². The Bertz CT molecular complexity index is 1340. The van der Waals surface area contributed by atoms with Gasteiger partial charge < -0.3 is 35.4 Å². The van der Waals surface area contributed by atoms with Crippen LogP contribution in [0.3, 0.4) is 0 Å². The lowest BCUT2D eigenvalue weighted by molar-refractivity contribution is -0.122. The number of benzene rings is 2. The number of phenols is 1. The van der Waals surface area contributed by atoms with Crippen LogP contribution in [-0.4, -0.2) is 79.1 Å². The molecular formula is C30H42BrN5O6. The van der Waals surface area contributed by atoms with Crippen molar-refractivity contribution in [3.05, 3.63) is 52.1 Å². The lowest BCUT2D eigenvalue weighted by atomic mass is 9.84. The van der Waals surface area contributed by atoms with Gasteiger partial charge >= 0.3 is 0 Å². The van der Waals surface area contributed by atoms with Gasteiger partial charge in [-0.25, -0.2) is 0 Å². The third-order valence-corrected chi connectivity index (χ3v) is 7.05. The lowest BCUT2D eigenvalue weighted by Gasteiger charge is -2.27. The van der Waals surface area contributed by atoms with Crippen molar-refractivity contribution in [3.63, 3.8) is 0 Å². The number of amidine groups is 1. The first-order chi connectivity index (χ1) is 19.3. The first kappa shape index (κ1) is 34.6. The number of halogens is 1. The molecule has 2 amide bonds. The van der Waals surface area contributed by atoms with Gasteiger partial charge in [0.25, 0.3) is 5.91 Å². The van der Waals surface area contributed by atoms with Crippen molar-refractivity contribution in [2.75, 3.05) is 45.4 Å². The topological polar surface area (TPSA) is 155 Å². The number of carbonyl (C=O) groups excluding carboxylic acids is 3. The molecule has 42 heavy (non-hydrogen) atoms. The predicted molar refractivity (Wildman–Crippen MR) is 167 cm³/mol. The highest BCUT2D eigenvalue weighted by Crippen LogP contribution is 2.39. The van der Waals surface area contributed by atoms with Crippen LogP contribution in [0, 0.1) is 5.41 Å². The van der Waals surface area contributed by atoms with E-state index in [-0.39, 0.29) is 59.1 Å². The van der Waals surface area contributed by atoms with E-state index >= 15 is 0 Å². The second-order valence-corrected chi connectivity index (χ2v) is 11.1. The Morgan fingerprint density at radius 1 is 1.17 bits per heavy atom. The summed E-state index contributed by atoms with van der Waals surface area (Å²) in [5.41, 5.74) is 2.73. The molecule has 0 radical (unpaired) electrons. The summed E-state index contributed by atoms with van der Waals surface area (Å²) >= 11 is 0. The quantitative estimate of drug-likeness (QED) is 0.174. The number of carbonyl (C=O) groups is 3. The average molecular weight is 649 g/mol. The van der Waals surface area contributed by atoms with E-state index in [2.05, 4.69) is 10.6 Å². The van der Waals surface area contributed by atoms with Crippen molar-refractivity contribution >= 4 is 46.1 Å². The van der Waals surface area contributed by atoms with Crippen molar-refractivity contribution in [1.29, 1.82) is 5.41 Å². The summed E-state index contributed by atoms with van der Waals surface area (Å²) in [5.74, 6) is -0.155. The number of aromatic hydroxyl groups is 1. The Balaban J connectivity index is 0.00000616. The second kappa shape index (κ2) is 14.5. The van der Waals surface area contributed by atoms with Gasteiger partial charge in [0, 0.05) is 50.3 Å². The average Bonchev–Trinajstić information content (AvgIpc) is 3.21. The fourth-order valence-electron chi connectivity index (χ4n) is 4.83. The molecule has 2 aromatic rings. The molecule has 1 aliphatic heterocycles. The van der Waals surface area contributed by atoms with E-state index in [1.807, 2.05) is 27.7 Å². The molecule has 1 heterocycles. The minimum atomic E-state index is -0.459. The molecule has 11 nitrogen and oxygen atoms in total. The smallest absolute Gasteiger partial charge is 0.254 e. The van der Waals surface area contributed by atoms with Crippen LogP contribution in [0.5, 0.6) is 11.5 Å². The van der Waals surface area contributed by atoms with Gasteiger partial charge in [0.05, 0.1) is 24.4 Å². The van der Waals surface area contributed by atoms with Crippen molar-refractivity contribution in [2.45, 2.75) is 52.5 Å². The van der Waals surface area contributed by atoms with Gasteiger partial charge in [0.2, 0.25) is 5.91 Å². The summed E-state index contributed by atoms with van der Waals surface area (Å²) < 4.78 is 5.67.